The van der Waals surface area contributed by atoms with Gasteiger partial charge in [0.05, 0.1) is 0 Å². The minimum Gasteiger partial charge on any atom is -0.382 e. The summed E-state index contributed by atoms with van der Waals surface area (Å²) in [6, 6.07) is 8.95. The third-order valence-electron chi connectivity index (χ3n) is 2.16. The molecular weight excluding hydrogens is 146 g/mol. The zero-order valence-corrected chi connectivity index (χ0v) is 8.09. The fourth-order valence-electron chi connectivity index (χ4n) is 1.10. The number of rotatable bonds is 3. The first-order chi connectivity index (χ1) is 5.74. The van der Waals surface area contributed by atoms with Crippen LogP contribution in [0.25, 0.3) is 0 Å². The number of para-hydroxylation sites is 1. The van der Waals surface area contributed by atoms with Gasteiger partial charge < -0.3 is 5.32 Å². The van der Waals surface area contributed by atoms with E-state index in [1.807, 2.05) is 0 Å². The highest BCUT2D eigenvalue weighted by Gasteiger charge is 1.99. The predicted octanol–water partition coefficient (Wildman–Crippen LogP) is 3.21. The van der Waals surface area contributed by atoms with Crippen molar-refractivity contribution < 1.29 is 0 Å². The van der Waals surface area contributed by atoms with Crippen LogP contribution in [0.3, 0.4) is 0 Å². The predicted molar refractivity (Wildman–Crippen MR) is 54.6 cm³/mol. The molecule has 0 saturated heterocycles. The van der Waals surface area contributed by atoms with Crippen LogP contribution in [0.15, 0.2) is 24.3 Å². The minimum absolute atomic E-state index is 0.561. The van der Waals surface area contributed by atoms with Crippen molar-refractivity contribution in [2.24, 2.45) is 0 Å². The highest BCUT2D eigenvalue weighted by Crippen LogP contribution is 2.14. The first-order valence-electron chi connectivity index (χ1n) is 4.56. The summed E-state index contributed by atoms with van der Waals surface area (Å²) in [6.07, 6.45) is 1.16. The third kappa shape index (κ3) is 2.26. The van der Waals surface area contributed by atoms with E-state index in [9.17, 15) is 0 Å². The Morgan fingerprint density at radius 3 is 2.58 bits per heavy atom. The van der Waals surface area contributed by atoms with Crippen LogP contribution in [0.1, 0.15) is 25.8 Å². The largest absolute Gasteiger partial charge is 0.382 e. The lowest BCUT2D eigenvalue weighted by Gasteiger charge is -2.14. The van der Waals surface area contributed by atoms with E-state index in [0.717, 1.165) is 6.42 Å². The number of aryl methyl sites for hydroxylation is 1. The maximum atomic E-state index is 3.46. The van der Waals surface area contributed by atoms with Gasteiger partial charge >= 0.3 is 0 Å². The maximum absolute atomic E-state index is 3.46. The lowest BCUT2D eigenvalue weighted by molar-refractivity contribution is 0.763. The summed E-state index contributed by atoms with van der Waals surface area (Å²) in [5.74, 6) is 0. The van der Waals surface area contributed by atoms with Gasteiger partial charge in [-0.05, 0) is 31.9 Å². The molecule has 1 unspecified atom stereocenters. The molecule has 1 nitrogen and oxygen atoms in total. The van der Waals surface area contributed by atoms with Gasteiger partial charge in [-0.1, -0.05) is 25.1 Å². The Balaban J connectivity index is 2.69. The van der Waals surface area contributed by atoms with Crippen LogP contribution in [-0.4, -0.2) is 6.04 Å². The number of nitrogens with one attached hydrogen (secondary N) is 1. The Labute approximate surface area is 74.8 Å². The molecule has 0 radical (unpaired) electrons. The van der Waals surface area contributed by atoms with Crippen molar-refractivity contribution in [1.82, 2.24) is 0 Å². The quantitative estimate of drug-likeness (QED) is 0.721. The lowest BCUT2D eigenvalue weighted by atomic mass is 10.1. The molecule has 0 aromatic heterocycles. The first kappa shape index (κ1) is 9.11. The Bertz CT molecular complexity index is 243. The van der Waals surface area contributed by atoms with Crippen LogP contribution in [0.2, 0.25) is 0 Å². The van der Waals surface area contributed by atoms with Gasteiger partial charge in [-0.15, -0.1) is 0 Å². The molecule has 0 fully saturated rings. The van der Waals surface area contributed by atoms with Crippen molar-refractivity contribution in [2.75, 3.05) is 5.32 Å². The van der Waals surface area contributed by atoms with E-state index >= 15 is 0 Å². The van der Waals surface area contributed by atoms with Gasteiger partial charge in [0.1, 0.15) is 0 Å². The lowest BCUT2D eigenvalue weighted by Crippen LogP contribution is -2.13. The molecular formula is C11H17N. The monoisotopic (exact) mass is 163 g/mol. The molecule has 0 amide bonds. The summed E-state index contributed by atoms with van der Waals surface area (Å²) < 4.78 is 0. The SMILES string of the molecule is CCC(C)Nc1ccccc1C. The normalized spacial score (nSPS) is 12.6. The maximum Gasteiger partial charge on any atom is 0.0371 e. The molecule has 0 aliphatic rings. The van der Waals surface area contributed by atoms with Gasteiger partial charge in [-0.3, -0.25) is 0 Å². The summed E-state index contributed by atoms with van der Waals surface area (Å²) in [5.41, 5.74) is 2.57. The van der Waals surface area contributed by atoms with Gasteiger partial charge in [0, 0.05) is 11.7 Å². The van der Waals surface area contributed by atoms with E-state index in [4.69, 9.17) is 0 Å². The summed E-state index contributed by atoms with van der Waals surface area (Å²) in [5, 5.41) is 3.46. The van der Waals surface area contributed by atoms with Crippen LogP contribution in [0.4, 0.5) is 5.69 Å². The van der Waals surface area contributed by atoms with Crippen LogP contribution in [-0.2, 0) is 0 Å². The molecule has 0 spiro atoms. The second-order valence-electron chi connectivity index (χ2n) is 3.27. The highest BCUT2D eigenvalue weighted by atomic mass is 14.9. The molecule has 0 aliphatic carbocycles. The standard InChI is InChI=1S/C11H17N/c1-4-10(3)12-11-8-6-5-7-9(11)2/h5-8,10,12H,4H2,1-3H3. The molecule has 1 heteroatoms. The highest BCUT2D eigenvalue weighted by molar-refractivity contribution is 5.50. The van der Waals surface area contributed by atoms with Gasteiger partial charge in [0.15, 0.2) is 0 Å². The Morgan fingerprint density at radius 1 is 1.33 bits per heavy atom. The molecule has 0 aliphatic heterocycles. The molecule has 0 saturated carbocycles. The summed E-state index contributed by atoms with van der Waals surface area (Å²) in [6.45, 7) is 6.52. The molecule has 1 N–H and O–H groups in total. The van der Waals surface area contributed by atoms with Gasteiger partial charge in [-0.25, -0.2) is 0 Å². The van der Waals surface area contributed by atoms with Crippen molar-refractivity contribution in [3.63, 3.8) is 0 Å². The van der Waals surface area contributed by atoms with E-state index in [1.54, 1.807) is 0 Å². The fourth-order valence-corrected chi connectivity index (χ4v) is 1.10. The van der Waals surface area contributed by atoms with E-state index in [-0.39, 0.29) is 0 Å². The number of hydrogen-bond acceptors (Lipinski definition) is 1. The Kier molecular flexibility index (Phi) is 3.15. The van der Waals surface area contributed by atoms with Crippen LogP contribution < -0.4 is 5.32 Å². The first-order valence-corrected chi connectivity index (χ1v) is 4.56. The molecule has 66 valence electrons. The zero-order valence-electron chi connectivity index (χ0n) is 8.09. The molecule has 0 heterocycles. The third-order valence-corrected chi connectivity index (χ3v) is 2.16. The van der Waals surface area contributed by atoms with Crippen molar-refractivity contribution in [1.29, 1.82) is 0 Å². The van der Waals surface area contributed by atoms with Crippen molar-refractivity contribution in [3.8, 4) is 0 Å². The molecule has 12 heavy (non-hydrogen) atoms. The Morgan fingerprint density at radius 2 is 2.00 bits per heavy atom. The number of hydrogen-bond donors (Lipinski definition) is 1. The number of anilines is 1. The topological polar surface area (TPSA) is 12.0 Å². The summed E-state index contributed by atoms with van der Waals surface area (Å²) in [4.78, 5) is 0. The van der Waals surface area contributed by atoms with E-state index < -0.39 is 0 Å². The van der Waals surface area contributed by atoms with Crippen LogP contribution in [0, 0.1) is 6.92 Å². The van der Waals surface area contributed by atoms with Crippen LogP contribution >= 0.6 is 0 Å². The number of benzene rings is 1. The smallest absolute Gasteiger partial charge is 0.0371 e. The van der Waals surface area contributed by atoms with Gasteiger partial charge in [0.2, 0.25) is 0 Å². The summed E-state index contributed by atoms with van der Waals surface area (Å²) >= 11 is 0. The van der Waals surface area contributed by atoms with Gasteiger partial charge in [-0.2, -0.15) is 0 Å². The van der Waals surface area contributed by atoms with E-state index in [2.05, 4.69) is 50.4 Å². The second kappa shape index (κ2) is 4.15. The summed E-state index contributed by atoms with van der Waals surface area (Å²) in [7, 11) is 0. The molecule has 1 aromatic carbocycles. The van der Waals surface area contributed by atoms with Crippen molar-refractivity contribution in [2.45, 2.75) is 33.2 Å². The molecule has 0 bridgehead atoms. The fraction of sp³-hybridized carbons (Fsp3) is 0.455. The van der Waals surface area contributed by atoms with E-state index in [1.165, 1.54) is 11.3 Å². The molecule has 1 rings (SSSR count). The Hall–Kier alpha value is -0.980. The average Bonchev–Trinajstić information content (AvgIpc) is 2.09. The van der Waals surface area contributed by atoms with Crippen molar-refractivity contribution >= 4 is 5.69 Å². The van der Waals surface area contributed by atoms with E-state index in [0.29, 0.717) is 6.04 Å². The minimum atomic E-state index is 0.561. The zero-order chi connectivity index (χ0) is 8.97. The molecule has 1 atom stereocenters. The second-order valence-corrected chi connectivity index (χ2v) is 3.27. The average molecular weight is 163 g/mol. The van der Waals surface area contributed by atoms with Crippen LogP contribution in [0.5, 0.6) is 0 Å². The molecule has 1 aromatic rings. The van der Waals surface area contributed by atoms with Gasteiger partial charge in [0.25, 0.3) is 0 Å². The van der Waals surface area contributed by atoms with Crippen molar-refractivity contribution in [3.05, 3.63) is 29.8 Å².